The normalized spacial score (nSPS) is 17.2. The van der Waals surface area contributed by atoms with Gasteiger partial charge in [0.05, 0.1) is 38.8 Å². The zero-order chi connectivity index (χ0) is 39.0. The van der Waals surface area contributed by atoms with Crippen molar-refractivity contribution in [2.75, 3.05) is 65.0 Å². The summed E-state index contributed by atoms with van der Waals surface area (Å²) in [6, 6.07) is 29.0. The van der Waals surface area contributed by atoms with E-state index in [9.17, 15) is 24.3 Å². The first-order valence-electron chi connectivity index (χ1n) is 19.1. The van der Waals surface area contributed by atoms with Gasteiger partial charge in [0, 0.05) is 38.3 Å². The summed E-state index contributed by atoms with van der Waals surface area (Å²) in [6.45, 7) is 8.27. The summed E-state index contributed by atoms with van der Waals surface area (Å²) >= 11 is 0. The van der Waals surface area contributed by atoms with E-state index < -0.39 is 23.0 Å². The van der Waals surface area contributed by atoms with Crippen LogP contribution in [0.1, 0.15) is 76.0 Å². The number of carbonyl (C=O) groups excluding carboxylic acids is 4. The molecule has 11 heteroatoms. The third-order valence-corrected chi connectivity index (χ3v) is 10.7. The molecule has 1 atom stereocenters. The number of hydrogen-bond donors (Lipinski definition) is 1. The standard InChI is InChI=1S/C23H29NO3.C20H28N2O5/c1-2-27-22(26)23(20-11-7-4-8-12-20)14-17-24(18-15-23)16-13-21(25)19-9-5-3-6-10-19;1-4-17(23)22(16-8-6-5-7-9-16)20(19(25)27-3)11-14-21(15-12-20)13-10-18(24)26-2/h3-12,21,25H,2,13-18H2,1H3;5-9H,4,10-15H2,1-3H3. The number of aliphatic hydroxyl groups excluding tert-OH is 1. The number of nitrogens with zero attached hydrogens (tertiary/aromatic N) is 3. The van der Waals surface area contributed by atoms with E-state index in [4.69, 9.17) is 9.47 Å². The number of hydrogen-bond acceptors (Lipinski definition) is 10. The van der Waals surface area contributed by atoms with Gasteiger partial charge in [-0.25, -0.2) is 4.79 Å². The van der Waals surface area contributed by atoms with E-state index in [-0.39, 0.29) is 17.8 Å². The molecule has 292 valence electrons. The average molecular weight is 744 g/mol. The van der Waals surface area contributed by atoms with E-state index >= 15 is 0 Å². The van der Waals surface area contributed by atoms with Crippen LogP contribution in [-0.4, -0.2) is 104 Å². The number of ether oxygens (including phenoxy) is 3. The van der Waals surface area contributed by atoms with Crippen LogP contribution in [0.25, 0.3) is 0 Å². The van der Waals surface area contributed by atoms with E-state index in [1.54, 1.807) is 11.8 Å². The smallest absolute Gasteiger partial charge is 0.332 e. The summed E-state index contributed by atoms with van der Waals surface area (Å²) < 4.78 is 15.2. The van der Waals surface area contributed by atoms with Gasteiger partial charge in [0.15, 0.2) is 0 Å². The van der Waals surface area contributed by atoms with Crippen molar-refractivity contribution in [3.63, 3.8) is 0 Å². The van der Waals surface area contributed by atoms with Crippen molar-refractivity contribution in [1.29, 1.82) is 0 Å². The first-order valence-corrected chi connectivity index (χ1v) is 19.1. The maximum Gasteiger partial charge on any atom is 0.332 e. The third kappa shape index (κ3) is 10.5. The van der Waals surface area contributed by atoms with Crippen LogP contribution in [0, 0.1) is 0 Å². The summed E-state index contributed by atoms with van der Waals surface area (Å²) in [4.78, 5) is 55.9. The number of amides is 1. The summed E-state index contributed by atoms with van der Waals surface area (Å²) in [7, 11) is 2.72. The number of carbonyl (C=O) groups is 4. The summed E-state index contributed by atoms with van der Waals surface area (Å²) in [5.41, 5.74) is 1.11. The Morgan fingerprint density at radius 1 is 0.722 bits per heavy atom. The number of methoxy groups -OCH3 is 2. The number of rotatable bonds is 14. The van der Waals surface area contributed by atoms with Gasteiger partial charge < -0.3 is 29.1 Å². The van der Waals surface area contributed by atoms with Crippen LogP contribution in [0.2, 0.25) is 0 Å². The lowest BCUT2D eigenvalue weighted by Crippen LogP contribution is -2.62. The molecule has 2 aliphatic heterocycles. The monoisotopic (exact) mass is 743 g/mol. The molecule has 1 amide bonds. The highest BCUT2D eigenvalue weighted by molar-refractivity contribution is 6.02. The van der Waals surface area contributed by atoms with Crippen molar-refractivity contribution in [1.82, 2.24) is 9.80 Å². The molecule has 0 spiro atoms. The Bertz CT molecular complexity index is 1610. The van der Waals surface area contributed by atoms with Gasteiger partial charge >= 0.3 is 17.9 Å². The second kappa shape index (κ2) is 20.8. The fourth-order valence-electron chi connectivity index (χ4n) is 7.51. The SMILES string of the molecule is CCC(=O)N(c1ccccc1)C1(C(=O)OC)CCN(CCC(=O)OC)CC1.CCOC(=O)C1(c2ccccc2)CCN(CCC(O)c2ccccc2)CC1. The zero-order valence-corrected chi connectivity index (χ0v) is 32.3. The highest BCUT2D eigenvalue weighted by Crippen LogP contribution is 2.38. The number of piperidine rings is 2. The average Bonchev–Trinajstić information content (AvgIpc) is 3.23. The minimum absolute atomic E-state index is 0.111. The Morgan fingerprint density at radius 3 is 1.80 bits per heavy atom. The molecule has 54 heavy (non-hydrogen) atoms. The van der Waals surface area contributed by atoms with Crippen LogP contribution in [0.4, 0.5) is 5.69 Å². The van der Waals surface area contributed by atoms with Crippen LogP contribution in [-0.2, 0) is 38.8 Å². The second-order valence-electron chi connectivity index (χ2n) is 13.8. The Hall–Kier alpha value is -4.58. The number of anilines is 1. The van der Waals surface area contributed by atoms with Gasteiger partial charge in [-0.15, -0.1) is 0 Å². The number of benzene rings is 3. The molecule has 0 bridgehead atoms. The molecule has 5 rings (SSSR count). The van der Waals surface area contributed by atoms with E-state index in [0.29, 0.717) is 64.0 Å². The predicted molar refractivity (Wildman–Crippen MR) is 208 cm³/mol. The largest absolute Gasteiger partial charge is 0.469 e. The molecule has 3 aromatic carbocycles. The molecule has 0 saturated carbocycles. The lowest BCUT2D eigenvalue weighted by atomic mass is 9.72. The topological polar surface area (TPSA) is 126 Å². The minimum Gasteiger partial charge on any atom is -0.469 e. The van der Waals surface area contributed by atoms with E-state index in [0.717, 1.165) is 43.6 Å². The molecule has 3 aromatic rings. The Balaban J connectivity index is 0.000000241. The fraction of sp³-hybridized carbons (Fsp3) is 0.488. The predicted octanol–water partition coefficient (Wildman–Crippen LogP) is 5.71. The van der Waals surface area contributed by atoms with E-state index in [1.165, 1.54) is 14.2 Å². The maximum absolute atomic E-state index is 12.8. The van der Waals surface area contributed by atoms with Gasteiger partial charge in [-0.2, -0.15) is 0 Å². The lowest BCUT2D eigenvalue weighted by Gasteiger charge is -2.46. The quantitative estimate of drug-likeness (QED) is 0.162. The van der Waals surface area contributed by atoms with Gasteiger partial charge in [-0.05, 0) is 75.4 Å². The molecule has 2 heterocycles. The molecule has 1 N–H and O–H groups in total. The molecule has 0 aliphatic carbocycles. The van der Waals surface area contributed by atoms with Gasteiger partial charge in [-0.1, -0.05) is 85.8 Å². The molecule has 11 nitrogen and oxygen atoms in total. The van der Waals surface area contributed by atoms with Gasteiger partial charge in [0.1, 0.15) is 5.54 Å². The van der Waals surface area contributed by atoms with Gasteiger partial charge in [-0.3, -0.25) is 19.3 Å². The molecule has 2 saturated heterocycles. The third-order valence-electron chi connectivity index (χ3n) is 10.7. The number of para-hydroxylation sites is 1. The minimum atomic E-state index is -1.04. The highest BCUT2D eigenvalue weighted by atomic mass is 16.5. The lowest BCUT2D eigenvalue weighted by molar-refractivity contribution is -0.152. The highest BCUT2D eigenvalue weighted by Gasteiger charge is 2.50. The Kier molecular flexibility index (Phi) is 16.2. The maximum atomic E-state index is 12.8. The Labute approximate surface area is 320 Å². The molecule has 0 radical (unpaired) electrons. The first-order chi connectivity index (χ1) is 26.1. The molecule has 2 fully saturated rings. The van der Waals surface area contributed by atoms with Crippen molar-refractivity contribution in [2.24, 2.45) is 0 Å². The van der Waals surface area contributed by atoms with Crippen molar-refractivity contribution in [2.45, 2.75) is 75.9 Å². The van der Waals surface area contributed by atoms with Crippen molar-refractivity contribution in [3.8, 4) is 0 Å². The number of esters is 3. The van der Waals surface area contributed by atoms with Crippen LogP contribution in [0.15, 0.2) is 91.0 Å². The second-order valence-corrected chi connectivity index (χ2v) is 13.8. The fourth-order valence-corrected chi connectivity index (χ4v) is 7.51. The summed E-state index contributed by atoms with van der Waals surface area (Å²) in [5, 5.41) is 10.4. The molecule has 2 aliphatic rings. The number of aliphatic hydroxyl groups is 1. The zero-order valence-electron chi connectivity index (χ0n) is 32.3. The molecular weight excluding hydrogens is 686 g/mol. The first kappa shape index (κ1) is 42.2. The van der Waals surface area contributed by atoms with Crippen LogP contribution >= 0.6 is 0 Å². The van der Waals surface area contributed by atoms with Crippen molar-refractivity contribution < 1.29 is 38.5 Å². The van der Waals surface area contributed by atoms with Crippen LogP contribution < -0.4 is 4.90 Å². The van der Waals surface area contributed by atoms with Crippen molar-refractivity contribution >= 4 is 29.5 Å². The molecular formula is C43H57N3O8. The van der Waals surface area contributed by atoms with Gasteiger partial charge in [0.25, 0.3) is 0 Å². The van der Waals surface area contributed by atoms with E-state index in [1.807, 2.05) is 97.9 Å². The van der Waals surface area contributed by atoms with Crippen LogP contribution in [0.3, 0.4) is 0 Å². The van der Waals surface area contributed by atoms with Gasteiger partial charge in [0.2, 0.25) is 5.91 Å². The van der Waals surface area contributed by atoms with Crippen molar-refractivity contribution in [3.05, 3.63) is 102 Å². The number of likely N-dealkylation sites (tertiary alicyclic amines) is 2. The van der Waals surface area contributed by atoms with Crippen LogP contribution in [0.5, 0.6) is 0 Å². The molecule has 1 unspecified atom stereocenters. The van der Waals surface area contributed by atoms with E-state index in [2.05, 4.69) is 14.5 Å². The summed E-state index contributed by atoms with van der Waals surface area (Å²) in [5.74, 6) is -0.887. The Morgan fingerprint density at radius 2 is 1.26 bits per heavy atom. The molecule has 0 aromatic heterocycles. The summed E-state index contributed by atoms with van der Waals surface area (Å²) in [6.07, 6.45) is 3.23.